The van der Waals surface area contributed by atoms with Crippen LogP contribution in [0, 0.1) is 11.3 Å². The average Bonchev–Trinajstić information content (AvgIpc) is 2.98. The molecule has 1 aromatic carbocycles. The molecule has 0 atom stereocenters. The van der Waals surface area contributed by atoms with Gasteiger partial charge in [0.15, 0.2) is 0 Å². The number of nitrogens with one attached hydrogen (secondary N) is 2. The fourth-order valence-electron chi connectivity index (χ4n) is 2.10. The van der Waals surface area contributed by atoms with Crippen molar-refractivity contribution in [3.8, 4) is 6.07 Å². The van der Waals surface area contributed by atoms with Gasteiger partial charge < -0.3 is 10.6 Å². The number of rotatable bonds is 5. The fraction of sp³-hybridized carbons (Fsp3) is 0.125. The molecule has 7 heteroatoms. The molecular formula is C16H15N7. The van der Waals surface area contributed by atoms with Crippen LogP contribution in [-0.4, -0.2) is 19.7 Å². The van der Waals surface area contributed by atoms with Crippen LogP contribution in [0.2, 0.25) is 0 Å². The maximum absolute atomic E-state index is 9.10. The van der Waals surface area contributed by atoms with Crippen LogP contribution in [0.15, 0.2) is 48.9 Å². The van der Waals surface area contributed by atoms with Gasteiger partial charge >= 0.3 is 0 Å². The maximum Gasteiger partial charge on any atom is 0.229 e. The van der Waals surface area contributed by atoms with E-state index in [0.29, 0.717) is 23.9 Å². The molecule has 114 valence electrons. The smallest absolute Gasteiger partial charge is 0.229 e. The van der Waals surface area contributed by atoms with Gasteiger partial charge in [0.1, 0.15) is 5.82 Å². The molecule has 23 heavy (non-hydrogen) atoms. The number of aryl methyl sites for hydroxylation is 1. The van der Waals surface area contributed by atoms with E-state index in [4.69, 9.17) is 5.26 Å². The molecule has 0 unspecified atom stereocenters. The Kier molecular flexibility index (Phi) is 4.16. The highest BCUT2D eigenvalue weighted by atomic mass is 15.3. The molecule has 3 aromatic rings. The van der Waals surface area contributed by atoms with Gasteiger partial charge in [-0.1, -0.05) is 18.2 Å². The highest BCUT2D eigenvalue weighted by Gasteiger charge is 2.04. The van der Waals surface area contributed by atoms with Crippen LogP contribution in [0.4, 0.5) is 17.5 Å². The number of nitriles is 1. The second kappa shape index (κ2) is 6.58. The Labute approximate surface area is 133 Å². The topological polar surface area (TPSA) is 91.5 Å². The van der Waals surface area contributed by atoms with Crippen LogP contribution in [0.25, 0.3) is 0 Å². The van der Waals surface area contributed by atoms with Gasteiger partial charge in [-0.3, -0.25) is 4.68 Å². The molecule has 0 amide bonds. The van der Waals surface area contributed by atoms with Gasteiger partial charge in [-0.25, -0.2) is 4.98 Å². The Morgan fingerprint density at radius 1 is 1.26 bits per heavy atom. The van der Waals surface area contributed by atoms with Crippen molar-refractivity contribution in [2.24, 2.45) is 7.05 Å². The van der Waals surface area contributed by atoms with Crippen molar-refractivity contribution in [1.82, 2.24) is 19.7 Å². The molecule has 7 nitrogen and oxygen atoms in total. The lowest BCUT2D eigenvalue weighted by molar-refractivity contribution is 0.768. The molecule has 0 aliphatic rings. The number of nitrogens with zero attached hydrogens (tertiary/aromatic N) is 5. The summed E-state index contributed by atoms with van der Waals surface area (Å²) >= 11 is 0. The van der Waals surface area contributed by atoms with Gasteiger partial charge in [0.05, 0.1) is 23.5 Å². The molecule has 2 N–H and O–H groups in total. The minimum Gasteiger partial charge on any atom is -0.366 e. The minimum absolute atomic E-state index is 0.483. The quantitative estimate of drug-likeness (QED) is 0.752. The molecular weight excluding hydrogens is 290 g/mol. The van der Waals surface area contributed by atoms with Gasteiger partial charge in [-0.05, 0) is 17.7 Å². The number of benzene rings is 1. The van der Waals surface area contributed by atoms with Crippen molar-refractivity contribution in [3.63, 3.8) is 0 Å². The molecule has 2 aromatic heterocycles. The van der Waals surface area contributed by atoms with E-state index in [2.05, 4.69) is 31.8 Å². The third kappa shape index (κ3) is 3.63. The van der Waals surface area contributed by atoms with Crippen LogP contribution in [0.3, 0.4) is 0 Å². The van der Waals surface area contributed by atoms with E-state index < -0.39 is 0 Å². The van der Waals surface area contributed by atoms with Crippen LogP contribution in [0.5, 0.6) is 0 Å². The second-order valence-corrected chi connectivity index (χ2v) is 4.92. The van der Waals surface area contributed by atoms with E-state index in [-0.39, 0.29) is 0 Å². The molecule has 0 saturated carbocycles. The molecule has 0 spiro atoms. The van der Waals surface area contributed by atoms with Gasteiger partial charge in [0.25, 0.3) is 0 Å². The fourth-order valence-corrected chi connectivity index (χ4v) is 2.10. The Hall–Kier alpha value is -3.40. The van der Waals surface area contributed by atoms with Crippen molar-refractivity contribution in [2.45, 2.75) is 6.54 Å². The first-order valence-corrected chi connectivity index (χ1v) is 7.05. The Bertz CT molecular complexity index is 847. The van der Waals surface area contributed by atoms with Crippen molar-refractivity contribution < 1.29 is 0 Å². The molecule has 0 bridgehead atoms. The minimum atomic E-state index is 0.483. The van der Waals surface area contributed by atoms with E-state index in [1.807, 2.05) is 31.4 Å². The van der Waals surface area contributed by atoms with Crippen molar-refractivity contribution in [2.75, 3.05) is 10.6 Å². The largest absolute Gasteiger partial charge is 0.366 e. The summed E-state index contributed by atoms with van der Waals surface area (Å²) in [6, 6.07) is 11.4. The number of hydrogen-bond donors (Lipinski definition) is 2. The van der Waals surface area contributed by atoms with Crippen LogP contribution in [0.1, 0.15) is 11.1 Å². The number of hydrogen-bond acceptors (Lipinski definition) is 6. The highest BCUT2D eigenvalue weighted by molar-refractivity contribution is 5.52. The predicted octanol–water partition coefficient (Wildman–Crippen LogP) is 2.44. The average molecular weight is 305 g/mol. The van der Waals surface area contributed by atoms with E-state index in [1.54, 1.807) is 29.2 Å². The Morgan fingerprint density at radius 2 is 2.13 bits per heavy atom. The van der Waals surface area contributed by atoms with Crippen molar-refractivity contribution >= 4 is 17.5 Å². The normalized spacial score (nSPS) is 10.1. The van der Waals surface area contributed by atoms with Crippen LogP contribution < -0.4 is 10.6 Å². The van der Waals surface area contributed by atoms with Crippen molar-refractivity contribution in [3.05, 3.63) is 60.0 Å². The number of aromatic nitrogens is 4. The first-order valence-electron chi connectivity index (χ1n) is 7.05. The van der Waals surface area contributed by atoms with Gasteiger partial charge in [0, 0.05) is 26.0 Å². The summed E-state index contributed by atoms with van der Waals surface area (Å²) in [5.74, 6) is 1.16. The molecule has 0 radical (unpaired) electrons. The highest BCUT2D eigenvalue weighted by Crippen LogP contribution is 2.14. The zero-order valence-electron chi connectivity index (χ0n) is 12.6. The SMILES string of the molecule is Cn1cc(Nc2nccc(NCc3ccccc3C#N)n2)cn1. The lowest BCUT2D eigenvalue weighted by Crippen LogP contribution is -2.05. The summed E-state index contributed by atoms with van der Waals surface area (Å²) in [6.07, 6.45) is 5.21. The molecule has 0 aliphatic heterocycles. The first kappa shape index (κ1) is 14.5. The van der Waals surface area contributed by atoms with Crippen molar-refractivity contribution in [1.29, 1.82) is 5.26 Å². The molecule has 0 fully saturated rings. The van der Waals surface area contributed by atoms with E-state index in [1.165, 1.54) is 0 Å². The monoisotopic (exact) mass is 305 g/mol. The van der Waals surface area contributed by atoms with Gasteiger partial charge in [-0.15, -0.1) is 0 Å². The molecule has 3 rings (SSSR count). The molecule has 0 saturated heterocycles. The summed E-state index contributed by atoms with van der Waals surface area (Å²) in [7, 11) is 1.84. The molecule has 0 aliphatic carbocycles. The van der Waals surface area contributed by atoms with Gasteiger partial charge in [0.2, 0.25) is 5.95 Å². The third-order valence-corrected chi connectivity index (χ3v) is 3.21. The van der Waals surface area contributed by atoms with Gasteiger partial charge in [-0.2, -0.15) is 15.3 Å². The van der Waals surface area contributed by atoms with Crippen LogP contribution >= 0.6 is 0 Å². The predicted molar refractivity (Wildman–Crippen MR) is 87.0 cm³/mol. The Morgan fingerprint density at radius 3 is 2.91 bits per heavy atom. The summed E-state index contributed by atoms with van der Waals surface area (Å²) < 4.78 is 1.70. The summed E-state index contributed by atoms with van der Waals surface area (Å²) in [5, 5.41) is 19.5. The van der Waals surface area contributed by atoms with E-state index in [0.717, 1.165) is 11.3 Å². The summed E-state index contributed by atoms with van der Waals surface area (Å²) in [4.78, 5) is 8.58. The summed E-state index contributed by atoms with van der Waals surface area (Å²) in [5.41, 5.74) is 2.40. The number of anilines is 3. The second-order valence-electron chi connectivity index (χ2n) is 4.92. The maximum atomic E-state index is 9.10. The zero-order valence-corrected chi connectivity index (χ0v) is 12.6. The lowest BCUT2D eigenvalue weighted by Gasteiger charge is -2.08. The lowest BCUT2D eigenvalue weighted by atomic mass is 10.1. The standard InChI is InChI=1S/C16H15N7/c1-23-11-14(10-20-23)21-16-18-7-6-15(22-16)19-9-13-5-3-2-4-12(13)8-17/h2-7,10-11H,9H2,1H3,(H2,18,19,21,22). The molecule has 2 heterocycles. The first-order chi connectivity index (χ1) is 11.2. The van der Waals surface area contributed by atoms with E-state index >= 15 is 0 Å². The third-order valence-electron chi connectivity index (χ3n) is 3.21. The zero-order chi connectivity index (χ0) is 16.1. The van der Waals surface area contributed by atoms with Crippen LogP contribution in [-0.2, 0) is 13.6 Å². The Balaban J connectivity index is 1.69. The summed E-state index contributed by atoms with van der Waals surface area (Å²) in [6.45, 7) is 0.521. The van der Waals surface area contributed by atoms with E-state index in [9.17, 15) is 0 Å².